The number of H-pyrrole nitrogens is 1. The van der Waals surface area contributed by atoms with E-state index in [0.717, 1.165) is 5.56 Å². The number of fused-ring (bicyclic) bond motifs is 3. The first-order chi connectivity index (χ1) is 14.0. The number of hydrogen-bond acceptors (Lipinski definition) is 4. The molecule has 0 aliphatic carbocycles. The Balaban J connectivity index is 1.96. The minimum atomic E-state index is -0.278. The molecule has 0 aliphatic heterocycles. The van der Waals surface area contributed by atoms with Crippen molar-refractivity contribution >= 4 is 34.1 Å². The van der Waals surface area contributed by atoms with Crippen molar-refractivity contribution in [2.45, 2.75) is 0 Å². The molecule has 29 heavy (non-hydrogen) atoms. The van der Waals surface area contributed by atoms with Crippen molar-refractivity contribution in [2.24, 2.45) is 0 Å². The summed E-state index contributed by atoms with van der Waals surface area (Å²) in [4.78, 5) is 34.3. The Hall–Kier alpha value is -3.16. The largest absolute Gasteiger partial charge is 0.383 e. The van der Waals surface area contributed by atoms with E-state index in [4.69, 9.17) is 16.3 Å². The first kappa shape index (κ1) is 19.2. The average Bonchev–Trinajstić information content (AvgIpc) is 3.18. The van der Waals surface area contributed by atoms with Gasteiger partial charge in [-0.15, -0.1) is 0 Å². The van der Waals surface area contributed by atoms with Crippen LogP contribution in [0.2, 0.25) is 5.02 Å². The molecule has 2 heterocycles. The van der Waals surface area contributed by atoms with Crippen LogP contribution in [0.15, 0.2) is 53.5 Å². The number of halogens is 1. The first-order valence-electron chi connectivity index (χ1n) is 9.04. The van der Waals surface area contributed by atoms with E-state index in [9.17, 15) is 9.59 Å². The monoisotopic (exact) mass is 410 g/mol. The molecule has 1 N–H and O–H groups in total. The third kappa shape index (κ3) is 3.39. The second kappa shape index (κ2) is 7.69. The lowest BCUT2D eigenvalue weighted by atomic mass is 10.1. The SMILES string of the molecule is COCCN(C)C(=O)c1cc2c(cc1Cl)[nH]c(=O)c1cnc(-c3ccccc3)n12. The average molecular weight is 411 g/mol. The molecular weight excluding hydrogens is 392 g/mol. The molecule has 148 valence electrons. The van der Waals surface area contributed by atoms with E-state index in [0.29, 0.717) is 41.1 Å². The molecule has 7 nitrogen and oxygen atoms in total. The van der Waals surface area contributed by atoms with Crippen LogP contribution in [-0.2, 0) is 4.74 Å². The number of carbonyl (C=O) groups is 1. The van der Waals surface area contributed by atoms with E-state index in [2.05, 4.69) is 9.97 Å². The summed E-state index contributed by atoms with van der Waals surface area (Å²) in [5, 5.41) is 0.267. The Morgan fingerprint density at radius 2 is 2.00 bits per heavy atom. The van der Waals surface area contributed by atoms with Crippen LogP contribution >= 0.6 is 11.6 Å². The van der Waals surface area contributed by atoms with Crippen LogP contribution in [0.4, 0.5) is 0 Å². The molecule has 0 atom stereocenters. The van der Waals surface area contributed by atoms with Crippen LogP contribution < -0.4 is 5.56 Å². The number of aromatic amines is 1. The van der Waals surface area contributed by atoms with Crippen molar-refractivity contribution < 1.29 is 9.53 Å². The second-order valence-electron chi connectivity index (χ2n) is 6.69. The van der Waals surface area contributed by atoms with Gasteiger partial charge in [0.05, 0.1) is 34.4 Å². The Labute approximate surface area is 171 Å². The van der Waals surface area contributed by atoms with Crippen molar-refractivity contribution in [2.75, 3.05) is 27.3 Å². The highest BCUT2D eigenvalue weighted by Gasteiger charge is 2.19. The maximum absolute atomic E-state index is 12.9. The molecule has 4 aromatic rings. The van der Waals surface area contributed by atoms with Crippen LogP contribution in [0, 0.1) is 0 Å². The standard InChI is InChI=1S/C21H19ClN4O3/c1-25(8-9-29-2)21(28)14-10-17-16(11-15(14)22)24-20(27)18-12-23-19(26(17)18)13-6-4-3-5-7-13/h3-7,10-12H,8-9H2,1-2H3,(H,24,27). The number of nitrogens with one attached hydrogen (secondary N) is 1. The summed E-state index contributed by atoms with van der Waals surface area (Å²) in [6, 6.07) is 12.9. The van der Waals surface area contributed by atoms with Gasteiger partial charge in [0.2, 0.25) is 0 Å². The summed E-state index contributed by atoms with van der Waals surface area (Å²) in [6.45, 7) is 0.857. The van der Waals surface area contributed by atoms with Gasteiger partial charge in [0.1, 0.15) is 11.3 Å². The van der Waals surface area contributed by atoms with Gasteiger partial charge < -0.3 is 14.6 Å². The lowest BCUT2D eigenvalue weighted by molar-refractivity contribution is 0.0744. The molecule has 0 spiro atoms. The van der Waals surface area contributed by atoms with Gasteiger partial charge in [-0.1, -0.05) is 41.9 Å². The van der Waals surface area contributed by atoms with Crippen molar-refractivity contribution in [3.63, 3.8) is 0 Å². The normalized spacial score (nSPS) is 11.3. The fourth-order valence-corrected chi connectivity index (χ4v) is 3.52. The van der Waals surface area contributed by atoms with Gasteiger partial charge in [-0.2, -0.15) is 0 Å². The maximum atomic E-state index is 12.9. The number of nitrogens with zero attached hydrogens (tertiary/aromatic N) is 3. The van der Waals surface area contributed by atoms with Crippen molar-refractivity contribution in [1.82, 2.24) is 19.3 Å². The summed E-state index contributed by atoms with van der Waals surface area (Å²) in [7, 11) is 3.27. The lowest BCUT2D eigenvalue weighted by Gasteiger charge is -2.18. The van der Waals surface area contributed by atoms with E-state index in [1.165, 1.54) is 6.20 Å². The molecule has 1 amide bonds. The molecule has 0 radical (unpaired) electrons. The van der Waals surface area contributed by atoms with Crippen molar-refractivity contribution in [3.05, 3.63) is 69.6 Å². The quantitative estimate of drug-likeness (QED) is 0.548. The Morgan fingerprint density at radius 3 is 2.72 bits per heavy atom. The number of carbonyl (C=O) groups excluding carboxylic acids is 1. The van der Waals surface area contributed by atoms with Crippen LogP contribution in [0.3, 0.4) is 0 Å². The smallest absolute Gasteiger partial charge is 0.274 e. The third-order valence-electron chi connectivity index (χ3n) is 4.81. The van der Waals surface area contributed by atoms with Crippen molar-refractivity contribution in [3.8, 4) is 11.4 Å². The molecule has 0 saturated heterocycles. The molecule has 0 unspecified atom stereocenters. The molecule has 0 bridgehead atoms. The van der Waals surface area contributed by atoms with Gasteiger partial charge in [-0.3, -0.25) is 14.0 Å². The van der Waals surface area contributed by atoms with E-state index >= 15 is 0 Å². The Morgan fingerprint density at radius 1 is 1.24 bits per heavy atom. The zero-order chi connectivity index (χ0) is 20.5. The fraction of sp³-hybridized carbons (Fsp3) is 0.190. The molecule has 2 aromatic carbocycles. The number of rotatable bonds is 5. The number of hydrogen-bond donors (Lipinski definition) is 1. The summed E-state index contributed by atoms with van der Waals surface area (Å²) in [5.41, 5.74) is 2.49. The van der Waals surface area contributed by atoms with Gasteiger partial charge in [0, 0.05) is 26.3 Å². The number of amides is 1. The fourth-order valence-electron chi connectivity index (χ4n) is 3.28. The predicted molar refractivity (Wildman–Crippen MR) is 113 cm³/mol. The second-order valence-corrected chi connectivity index (χ2v) is 7.10. The highest BCUT2D eigenvalue weighted by molar-refractivity contribution is 6.34. The summed E-state index contributed by atoms with van der Waals surface area (Å²) in [6.07, 6.45) is 1.53. The first-order valence-corrected chi connectivity index (χ1v) is 9.42. The highest BCUT2D eigenvalue weighted by Crippen LogP contribution is 2.27. The van der Waals surface area contributed by atoms with Gasteiger partial charge in [-0.05, 0) is 12.1 Å². The Bertz CT molecular complexity index is 1260. The van der Waals surface area contributed by atoms with Gasteiger partial charge in [0.15, 0.2) is 0 Å². The number of benzene rings is 2. The minimum absolute atomic E-state index is 0.227. The highest BCUT2D eigenvalue weighted by atomic mass is 35.5. The molecular formula is C21H19ClN4O3. The summed E-state index contributed by atoms with van der Waals surface area (Å²) < 4.78 is 6.80. The summed E-state index contributed by atoms with van der Waals surface area (Å²) >= 11 is 6.38. The zero-order valence-corrected chi connectivity index (χ0v) is 16.7. The van der Waals surface area contributed by atoms with E-state index in [1.807, 2.05) is 30.3 Å². The molecule has 0 saturated carbocycles. The number of likely N-dealkylation sites (N-methyl/N-ethyl adjacent to an activating group) is 1. The molecule has 0 aliphatic rings. The topological polar surface area (TPSA) is 79.7 Å². The van der Waals surface area contributed by atoms with Crippen molar-refractivity contribution in [1.29, 1.82) is 0 Å². The predicted octanol–water partition coefficient (Wildman–Crippen LogP) is 3.21. The molecule has 8 heteroatoms. The molecule has 2 aromatic heterocycles. The number of aromatic nitrogens is 3. The van der Waals surface area contributed by atoms with E-state index in [-0.39, 0.29) is 16.5 Å². The molecule has 4 rings (SSSR count). The third-order valence-corrected chi connectivity index (χ3v) is 5.12. The van der Waals surface area contributed by atoms with E-state index < -0.39 is 0 Å². The summed E-state index contributed by atoms with van der Waals surface area (Å²) in [5.74, 6) is 0.389. The van der Waals surface area contributed by atoms with Gasteiger partial charge in [-0.25, -0.2) is 4.98 Å². The minimum Gasteiger partial charge on any atom is -0.383 e. The number of methoxy groups -OCH3 is 1. The number of imidazole rings is 1. The lowest BCUT2D eigenvalue weighted by Crippen LogP contribution is -2.30. The van der Waals surface area contributed by atoms with Gasteiger partial charge >= 0.3 is 0 Å². The van der Waals surface area contributed by atoms with Gasteiger partial charge in [0.25, 0.3) is 11.5 Å². The maximum Gasteiger partial charge on any atom is 0.274 e. The number of ether oxygens (including phenoxy) is 1. The van der Waals surface area contributed by atoms with Crippen LogP contribution in [0.25, 0.3) is 27.9 Å². The molecule has 0 fully saturated rings. The zero-order valence-electron chi connectivity index (χ0n) is 16.0. The Kier molecular flexibility index (Phi) is 5.08. The van der Waals surface area contributed by atoms with E-state index in [1.54, 1.807) is 35.6 Å². The van der Waals surface area contributed by atoms with Crippen LogP contribution in [0.5, 0.6) is 0 Å². The van der Waals surface area contributed by atoms with Crippen LogP contribution in [0.1, 0.15) is 10.4 Å². The van der Waals surface area contributed by atoms with Crippen LogP contribution in [-0.4, -0.2) is 52.5 Å².